The smallest absolute Gasteiger partial charge is 0.197 e. The van der Waals surface area contributed by atoms with E-state index >= 15 is 0 Å². The normalized spacial score (nSPS) is 61.9. The molecule has 4 heterocycles. The predicted molar refractivity (Wildman–Crippen MR) is 183 cm³/mol. The van der Waals surface area contributed by atoms with Crippen LogP contribution in [0.3, 0.4) is 0 Å². The minimum atomic E-state index is -1.60. The first kappa shape index (κ1) is 38.4. The summed E-state index contributed by atoms with van der Waals surface area (Å²) in [5, 5.41) is 76.3. The maximum atomic E-state index is 11.7. The molecule has 0 aromatic carbocycles. The molecule has 0 bridgehead atoms. The lowest BCUT2D eigenvalue weighted by atomic mass is 9.43. The van der Waals surface area contributed by atoms with Gasteiger partial charge in [0.25, 0.3) is 0 Å². The zero-order chi connectivity index (χ0) is 37.2. The molecule has 8 fully saturated rings. The van der Waals surface area contributed by atoms with Crippen LogP contribution in [0.2, 0.25) is 0 Å². The Morgan fingerprint density at radius 2 is 1.31 bits per heavy atom. The van der Waals surface area contributed by atoms with Gasteiger partial charge in [0.05, 0.1) is 37.1 Å². The van der Waals surface area contributed by atoms with Crippen LogP contribution in [-0.4, -0.2) is 134 Å². The molecule has 4 aliphatic carbocycles. The van der Waals surface area contributed by atoms with Gasteiger partial charge in [-0.05, 0) is 112 Å². The maximum Gasteiger partial charge on any atom is 0.197 e. The number of aliphatic hydroxyl groups excluding tert-OH is 7. The van der Waals surface area contributed by atoms with Crippen molar-refractivity contribution in [3.8, 4) is 0 Å². The zero-order valence-corrected chi connectivity index (χ0v) is 31.6. The summed E-state index contributed by atoms with van der Waals surface area (Å²) in [6, 6.07) is 0. The second kappa shape index (κ2) is 13.6. The van der Waals surface area contributed by atoms with Crippen LogP contribution < -0.4 is 0 Å². The van der Waals surface area contributed by atoms with Crippen molar-refractivity contribution in [3.05, 3.63) is 0 Å². The van der Waals surface area contributed by atoms with E-state index in [1.807, 2.05) is 0 Å². The van der Waals surface area contributed by atoms with E-state index in [9.17, 15) is 35.7 Å². The van der Waals surface area contributed by atoms with E-state index in [4.69, 9.17) is 28.4 Å². The number of hydrogen-bond donors (Lipinski definition) is 7. The fourth-order valence-corrected chi connectivity index (χ4v) is 13.3. The number of fused-ring (bicyclic) bond motifs is 7. The largest absolute Gasteiger partial charge is 0.393 e. The zero-order valence-electron chi connectivity index (χ0n) is 31.6. The molecule has 4 saturated heterocycles. The molecule has 4 aliphatic heterocycles. The van der Waals surface area contributed by atoms with E-state index in [2.05, 4.69) is 27.7 Å². The van der Waals surface area contributed by atoms with Crippen LogP contribution in [0, 0.1) is 52.3 Å². The SMILES string of the molecule is C[C@H]1CO[C@@]2(O[C@H]3C[C@H]4[C@@H]5C[C@H](O[C@@H]6O[C@H](C)[C@@H](O)[C@H](O[C@@H]7O[C@@H](C)[C@H](O)[C@@H](O)[C@H]7O)[C@H]6O)[C@H]6C[C@@H](O)CC[C@]6(C)[C@H]5CC[C@]4(C)[C@H]3[C@@H]2C)[C@H](O)C1. The van der Waals surface area contributed by atoms with Crippen LogP contribution in [-0.2, 0) is 28.4 Å². The molecule has 52 heavy (non-hydrogen) atoms. The monoisotopic (exact) mass is 740 g/mol. The van der Waals surface area contributed by atoms with E-state index < -0.39 is 79.4 Å². The Morgan fingerprint density at radius 1 is 0.635 bits per heavy atom. The second-order valence-corrected chi connectivity index (χ2v) is 18.9. The molecule has 0 unspecified atom stereocenters. The van der Waals surface area contributed by atoms with Gasteiger partial charge in [-0.1, -0.05) is 27.7 Å². The summed E-state index contributed by atoms with van der Waals surface area (Å²) in [6.07, 6.45) is -7.54. The first-order valence-corrected chi connectivity index (χ1v) is 20.2. The van der Waals surface area contributed by atoms with Gasteiger partial charge < -0.3 is 64.2 Å². The Labute approximate surface area is 307 Å². The van der Waals surface area contributed by atoms with E-state index in [0.29, 0.717) is 37.2 Å². The molecule has 1 spiro atoms. The lowest BCUT2D eigenvalue weighted by molar-refractivity contribution is -0.363. The Kier molecular flexibility index (Phi) is 10.0. The van der Waals surface area contributed by atoms with Crippen molar-refractivity contribution in [1.29, 1.82) is 0 Å². The molecule has 7 N–H and O–H groups in total. The standard InChI is InChI=1S/C39H64O13/c1-16-11-27(41)39(47-15-16)17(2)28-26(52-39)14-23-21-13-25(24-12-20(40)7-9-37(24,5)22(21)8-10-38(23,28)6)50-36-33(46)34(30(43)19(4)49-36)51-35-32(45)31(44)29(42)18(3)48-35/h16-36,40-46H,7-15H2,1-6H3/t16-,17+,18+,19-,20+,21-,22+,23+,24-,25+,26+,27-,28+,29+,30-,31-,32-,33-,34+,35+,36+,37-,38+,39+/m1/s1. The van der Waals surface area contributed by atoms with Gasteiger partial charge in [0.15, 0.2) is 18.4 Å². The highest BCUT2D eigenvalue weighted by atomic mass is 16.7. The quantitative estimate of drug-likeness (QED) is 0.205. The van der Waals surface area contributed by atoms with Crippen LogP contribution in [0.4, 0.5) is 0 Å². The van der Waals surface area contributed by atoms with E-state index in [1.54, 1.807) is 13.8 Å². The fraction of sp³-hybridized carbons (Fsp3) is 1.00. The van der Waals surface area contributed by atoms with E-state index in [0.717, 1.165) is 38.5 Å². The molecule has 0 amide bonds. The average molecular weight is 741 g/mol. The minimum Gasteiger partial charge on any atom is -0.393 e. The molecule has 0 aromatic rings. The van der Waals surface area contributed by atoms with Crippen LogP contribution in [0.25, 0.3) is 0 Å². The molecule has 13 nitrogen and oxygen atoms in total. The molecule has 298 valence electrons. The highest BCUT2D eigenvalue weighted by Crippen LogP contribution is 2.71. The van der Waals surface area contributed by atoms with Gasteiger partial charge in [-0.2, -0.15) is 0 Å². The molecule has 24 atom stereocenters. The Balaban J connectivity index is 1.04. The van der Waals surface area contributed by atoms with Gasteiger partial charge in [0.1, 0.15) is 42.7 Å². The third-order valence-corrected chi connectivity index (χ3v) is 16.1. The summed E-state index contributed by atoms with van der Waals surface area (Å²) >= 11 is 0. The summed E-state index contributed by atoms with van der Waals surface area (Å²) in [7, 11) is 0. The third kappa shape index (κ3) is 5.73. The van der Waals surface area contributed by atoms with Crippen LogP contribution in [0.5, 0.6) is 0 Å². The summed E-state index contributed by atoms with van der Waals surface area (Å²) < 4.78 is 37.9. The third-order valence-electron chi connectivity index (χ3n) is 16.1. The van der Waals surface area contributed by atoms with Crippen LogP contribution in [0.1, 0.15) is 92.9 Å². The number of rotatable bonds is 4. The molecular weight excluding hydrogens is 676 g/mol. The first-order valence-electron chi connectivity index (χ1n) is 20.2. The summed E-state index contributed by atoms with van der Waals surface area (Å²) in [5.41, 5.74) is -0.122. The second-order valence-electron chi connectivity index (χ2n) is 18.9. The minimum absolute atomic E-state index is 0.00617. The van der Waals surface area contributed by atoms with Crippen molar-refractivity contribution in [2.75, 3.05) is 6.61 Å². The summed E-state index contributed by atoms with van der Waals surface area (Å²) in [6.45, 7) is 12.9. The molecule has 4 saturated carbocycles. The Hall–Kier alpha value is -0.520. The van der Waals surface area contributed by atoms with E-state index in [1.165, 1.54) is 0 Å². The maximum absolute atomic E-state index is 11.7. The van der Waals surface area contributed by atoms with Crippen molar-refractivity contribution < 1.29 is 64.2 Å². The number of ether oxygens (including phenoxy) is 6. The van der Waals surface area contributed by atoms with Gasteiger partial charge in [-0.25, -0.2) is 0 Å². The molecule has 8 aliphatic rings. The Morgan fingerprint density at radius 3 is 2.02 bits per heavy atom. The molecule has 0 radical (unpaired) electrons. The Bertz CT molecular complexity index is 1310. The average Bonchev–Trinajstić information content (AvgIpc) is 3.55. The molecule has 13 heteroatoms. The molecular formula is C39H64O13. The highest BCUT2D eigenvalue weighted by Gasteiger charge is 2.71. The van der Waals surface area contributed by atoms with Gasteiger partial charge >= 0.3 is 0 Å². The number of hydrogen-bond acceptors (Lipinski definition) is 13. The predicted octanol–water partition coefficient (Wildman–Crippen LogP) is 1.44. The lowest BCUT2D eigenvalue weighted by Crippen LogP contribution is -2.64. The number of aliphatic hydroxyl groups is 7. The van der Waals surface area contributed by atoms with Gasteiger partial charge in [-0.15, -0.1) is 0 Å². The summed E-state index contributed by atoms with van der Waals surface area (Å²) in [4.78, 5) is 0. The van der Waals surface area contributed by atoms with Gasteiger partial charge in [0.2, 0.25) is 0 Å². The first-order chi connectivity index (χ1) is 24.5. The van der Waals surface area contributed by atoms with E-state index in [-0.39, 0.29) is 46.7 Å². The topological polar surface area (TPSA) is 197 Å². The fourth-order valence-electron chi connectivity index (χ4n) is 13.3. The van der Waals surface area contributed by atoms with Crippen molar-refractivity contribution in [3.63, 3.8) is 0 Å². The van der Waals surface area contributed by atoms with Crippen molar-refractivity contribution in [1.82, 2.24) is 0 Å². The molecule has 0 aromatic heterocycles. The molecule has 8 rings (SSSR count). The van der Waals surface area contributed by atoms with Crippen LogP contribution >= 0.6 is 0 Å². The highest BCUT2D eigenvalue weighted by molar-refractivity contribution is 5.17. The van der Waals surface area contributed by atoms with Crippen molar-refractivity contribution in [2.24, 2.45) is 52.3 Å². The van der Waals surface area contributed by atoms with Gasteiger partial charge in [-0.3, -0.25) is 0 Å². The van der Waals surface area contributed by atoms with Crippen LogP contribution in [0.15, 0.2) is 0 Å². The summed E-state index contributed by atoms with van der Waals surface area (Å²) in [5.74, 6) is 0.760. The van der Waals surface area contributed by atoms with Crippen molar-refractivity contribution >= 4 is 0 Å². The van der Waals surface area contributed by atoms with Crippen molar-refractivity contribution in [2.45, 2.75) is 185 Å². The van der Waals surface area contributed by atoms with Gasteiger partial charge in [0, 0.05) is 5.92 Å². The lowest BCUT2D eigenvalue weighted by Gasteiger charge is -2.63.